The number of nitrogens with zero attached hydrogens (tertiary/aromatic N) is 1. The van der Waals surface area contributed by atoms with Crippen LogP contribution in [0.2, 0.25) is 0 Å². The summed E-state index contributed by atoms with van der Waals surface area (Å²) < 4.78 is 2.50. The Balaban J connectivity index is 1.01. The second-order valence-corrected chi connectivity index (χ2v) is 18.7. The van der Waals surface area contributed by atoms with Crippen LogP contribution in [0.1, 0.15) is 44.9 Å². The van der Waals surface area contributed by atoms with E-state index in [9.17, 15) is 0 Å². The van der Waals surface area contributed by atoms with Crippen molar-refractivity contribution in [1.82, 2.24) is 4.57 Å². The number of hydrogen-bond acceptors (Lipinski definition) is 0. The van der Waals surface area contributed by atoms with Crippen LogP contribution in [0.4, 0.5) is 0 Å². The van der Waals surface area contributed by atoms with Gasteiger partial charge < -0.3 is 4.57 Å². The molecule has 322 valence electrons. The van der Waals surface area contributed by atoms with Crippen LogP contribution >= 0.6 is 0 Å². The van der Waals surface area contributed by atoms with Crippen LogP contribution in [-0.4, -0.2) is 4.57 Å². The quantitative estimate of drug-likeness (QED) is 0.150. The highest BCUT2D eigenvalue weighted by molar-refractivity contribution is 6.19. The van der Waals surface area contributed by atoms with Crippen molar-refractivity contribution in [2.24, 2.45) is 0 Å². The van der Waals surface area contributed by atoms with Crippen molar-refractivity contribution in [2.45, 2.75) is 11.3 Å². The summed E-state index contributed by atoms with van der Waals surface area (Å²) >= 11 is 0. The number of rotatable bonds is 7. The third kappa shape index (κ3) is 5.97. The van der Waals surface area contributed by atoms with Crippen LogP contribution in [-0.2, 0) is 5.41 Å². The zero-order chi connectivity index (χ0) is 45.5. The van der Waals surface area contributed by atoms with Crippen molar-refractivity contribution < 1.29 is 0 Å². The largest absolute Gasteiger partial charge is 0.309 e. The first kappa shape index (κ1) is 39.4. The molecule has 0 saturated carbocycles. The summed E-state index contributed by atoms with van der Waals surface area (Å²) in [6.45, 7) is 0. The molecule has 1 heterocycles. The van der Waals surface area contributed by atoms with Crippen LogP contribution in [0.5, 0.6) is 0 Å². The highest BCUT2D eigenvalue weighted by Crippen LogP contribution is 2.59. The number of fused-ring (bicyclic) bond motifs is 10. The zero-order valence-corrected chi connectivity index (χ0v) is 37.9. The molecule has 1 aromatic heterocycles. The zero-order valence-electron chi connectivity index (χ0n) is 37.9. The predicted octanol–water partition coefficient (Wildman–Crippen LogP) is 17.3. The maximum absolute atomic E-state index is 2.50. The van der Waals surface area contributed by atoms with Gasteiger partial charge in [-0.1, -0.05) is 231 Å². The van der Waals surface area contributed by atoms with Crippen LogP contribution in [0, 0.1) is 0 Å². The summed E-state index contributed by atoms with van der Waals surface area (Å²) in [5.41, 5.74) is 24.7. The van der Waals surface area contributed by atoms with E-state index < -0.39 is 5.41 Å². The predicted molar refractivity (Wildman–Crippen MR) is 287 cm³/mol. The Hall–Kier alpha value is -8.78. The summed E-state index contributed by atoms with van der Waals surface area (Å²) in [6, 6.07) is 99.3. The Kier molecular flexibility index (Phi) is 8.94. The standard InChI is InChI=1S/C68H45N/c1-5-19-45(20-6-1)47-23-17-25-51(41-47)65-56-32-14-13-31-55(56)59-43-49(35-37-57(59)65)50-36-39-63-60(44-50)67-64(69(63)54-30-18-24-48(42-54)46-21-7-2-8-22-46)40-38-62-66(67)58-33-15-16-34-61(58)68(62,52-26-9-3-10-27-52)53-28-11-4-12-29-53/h1-44,65H. The molecule has 0 N–H and O–H groups in total. The SMILES string of the molecule is c1ccc(-c2cccc(C3c4ccccc4-c4cc(-c5ccc6c(c5)c5c7c(ccc5n6-c5cccc(-c6ccccc6)c5)C(c5ccccc5)(c5ccccc5)c5ccccc5-7)ccc43)c2)cc1. The lowest BCUT2D eigenvalue weighted by Crippen LogP contribution is -2.28. The monoisotopic (exact) mass is 875 g/mol. The van der Waals surface area contributed by atoms with E-state index in [1.807, 2.05) is 0 Å². The molecule has 0 radical (unpaired) electrons. The molecular formula is C68H45N. The Labute approximate surface area is 402 Å². The Morgan fingerprint density at radius 1 is 0.319 bits per heavy atom. The lowest BCUT2D eigenvalue weighted by atomic mass is 9.67. The van der Waals surface area contributed by atoms with Crippen LogP contribution < -0.4 is 0 Å². The molecule has 1 nitrogen and oxygen atoms in total. The first-order chi connectivity index (χ1) is 34.2. The molecule has 0 fully saturated rings. The molecule has 2 aliphatic rings. The van der Waals surface area contributed by atoms with Crippen molar-refractivity contribution in [1.29, 1.82) is 0 Å². The third-order valence-electron chi connectivity index (χ3n) is 15.1. The number of benzene rings is 11. The summed E-state index contributed by atoms with van der Waals surface area (Å²) in [5, 5.41) is 2.52. The van der Waals surface area contributed by atoms with Gasteiger partial charge in [0.25, 0.3) is 0 Å². The van der Waals surface area contributed by atoms with Crippen LogP contribution in [0.25, 0.3) is 83.1 Å². The van der Waals surface area contributed by atoms with Crippen LogP contribution in [0.15, 0.2) is 267 Å². The first-order valence-electron chi connectivity index (χ1n) is 24.1. The van der Waals surface area contributed by atoms with Crippen LogP contribution in [0.3, 0.4) is 0 Å². The Morgan fingerprint density at radius 2 is 0.855 bits per heavy atom. The molecule has 12 aromatic rings. The molecule has 11 aromatic carbocycles. The average molecular weight is 876 g/mol. The lowest BCUT2D eigenvalue weighted by Gasteiger charge is -2.33. The van der Waals surface area contributed by atoms with Gasteiger partial charge in [-0.2, -0.15) is 0 Å². The topological polar surface area (TPSA) is 4.93 Å². The molecule has 0 amide bonds. The Morgan fingerprint density at radius 3 is 1.58 bits per heavy atom. The van der Waals surface area contributed by atoms with Gasteiger partial charge in [0.1, 0.15) is 0 Å². The van der Waals surface area contributed by atoms with Crippen molar-refractivity contribution in [2.75, 3.05) is 0 Å². The lowest BCUT2D eigenvalue weighted by molar-refractivity contribution is 0.769. The molecule has 0 spiro atoms. The molecule has 1 unspecified atom stereocenters. The van der Waals surface area contributed by atoms with E-state index in [0.717, 1.165) is 5.69 Å². The van der Waals surface area contributed by atoms with E-state index in [0.29, 0.717) is 0 Å². The van der Waals surface area contributed by atoms with Gasteiger partial charge in [0.05, 0.1) is 16.4 Å². The number of hydrogen-bond donors (Lipinski definition) is 0. The average Bonchev–Trinajstić information content (AvgIpc) is 4.06. The van der Waals surface area contributed by atoms with Crippen molar-refractivity contribution >= 4 is 21.8 Å². The van der Waals surface area contributed by atoms with Gasteiger partial charge in [-0.3, -0.25) is 0 Å². The molecular weight excluding hydrogens is 831 g/mol. The normalized spacial score (nSPS) is 14.1. The van der Waals surface area contributed by atoms with E-state index in [1.165, 1.54) is 116 Å². The van der Waals surface area contributed by atoms with Crippen molar-refractivity contribution in [3.63, 3.8) is 0 Å². The van der Waals surface area contributed by atoms with E-state index in [-0.39, 0.29) is 5.92 Å². The van der Waals surface area contributed by atoms with Crippen molar-refractivity contribution in [3.8, 4) is 61.3 Å². The number of aromatic nitrogens is 1. The van der Waals surface area contributed by atoms with E-state index in [1.54, 1.807) is 0 Å². The minimum Gasteiger partial charge on any atom is -0.309 e. The molecule has 1 atom stereocenters. The highest BCUT2D eigenvalue weighted by atomic mass is 15.0. The molecule has 69 heavy (non-hydrogen) atoms. The minimum absolute atomic E-state index is 0.151. The third-order valence-corrected chi connectivity index (χ3v) is 15.1. The van der Waals surface area contributed by atoms with Gasteiger partial charge in [-0.25, -0.2) is 0 Å². The maximum Gasteiger partial charge on any atom is 0.0713 e. The summed E-state index contributed by atoms with van der Waals surface area (Å²) in [7, 11) is 0. The molecule has 0 saturated heterocycles. The van der Waals surface area contributed by atoms with E-state index in [2.05, 4.69) is 271 Å². The molecule has 2 aliphatic carbocycles. The maximum atomic E-state index is 2.50. The second-order valence-electron chi connectivity index (χ2n) is 18.7. The summed E-state index contributed by atoms with van der Waals surface area (Å²) in [5.74, 6) is 0.151. The minimum atomic E-state index is -0.508. The van der Waals surface area contributed by atoms with E-state index >= 15 is 0 Å². The second kappa shape index (κ2) is 15.7. The fourth-order valence-corrected chi connectivity index (χ4v) is 12.2. The molecule has 0 aliphatic heterocycles. The van der Waals surface area contributed by atoms with E-state index in [4.69, 9.17) is 0 Å². The van der Waals surface area contributed by atoms with Gasteiger partial charge in [0, 0.05) is 22.4 Å². The fraction of sp³-hybridized carbons (Fsp3) is 0.0294. The van der Waals surface area contributed by atoms with Gasteiger partial charge in [0.2, 0.25) is 0 Å². The summed E-state index contributed by atoms with van der Waals surface area (Å²) in [4.78, 5) is 0. The highest BCUT2D eigenvalue weighted by Gasteiger charge is 2.47. The fourth-order valence-electron chi connectivity index (χ4n) is 12.2. The first-order valence-corrected chi connectivity index (χ1v) is 24.1. The van der Waals surface area contributed by atoms with Gasteiger partial charge in [-0.05, 0) is 131 Å². The summed E-state index contributed by atoms with van der Waals surface area (Å²) in [6.07, 6.45) is 0. The van der Waals surface area contributed by atoms with Gasteiger partial charge in [0.15, 0.2) is 0 Å². The molecule has 14 rings (SSSR count). The smallest absolute Gasteiger partial charge is 0.0713 e. The molecule has 1 heteroatoms. The molecule has 0 bridgehead atoms. The van der Waals surface area contributed by atoms with Crippen molar-refractivity contribution in [3.05, 3.63) is 306 Å². The van der Waals surface area contributed by atoms with Gasteiger partial charge >= 0.3 is 0 Å². The van der Waals surface area contributed by atoms with Gasteiger partial charge in [-0.15, -0.1) is 0 Å². The Bertz CT molecular complexity index is 3900.